The van der Waals surface area contributed by atoms with Crippen LogP contribution in [0, 0.1) is 0 Å². The summed E-state index contributed by atoms with van der Waals surface area (Å²) in [6.45, 7) is 1.93. The van der Waals surface area contributed by atoms with Crippen LogP contribution in [0.4, 0.5) is 0 Å². The molecule has 0 aliphatic rings. The van der Waals surface area contributed by atoms with E-state index in [1.165, 1.54) is 11.3 Å². The van der Waals surface area contributed by atoms with Crippen molar-refractivity contribution in [1.29, 1.82) is 0 Å². The van der Waals surface area contributed by atoms with Crippen molar-refractivity contribution in [2.75, 3.05) is 0 Å². The molecule has 0 bridgehead atoms. The second kappa shape index (κ2) is 6.31. The highest BCUT2D eigenvalue weighted by Gasteiger charge is 2.15. The van der Waals surface area contributed by atoms with Crippen LogP contribution in [0.15, 0.2) is 39.7 Å². The molecule has 2 aromatic rings. The van der Waals surface area contributed by atoms with Crippen molar-refractivity contribution in [3.63, 3.8) is 0 Å². The summed E-state index contributed by atoms with van der Waals surface area (Å²) in [5.74, 6) is -0.144. The van der Waals surface area contributed by atoms with Crippen molar-refractivity contribution in [3.8, 4) is 0 Å². The van der Waals surface area contributed by atoms with Gasteiger partial charge in [-0.1, -0.05) is 27.5 Å². The Morgan fingerprint density at radius 1 is 1.42 bits per heavy atom. The quantitative estimate of drug-likeness (QED) is 0.730. The van der Waals surface area contributed by atoms with Crippen molar-refractivity contribution in [1.82, 2.24) is 5.32 Å². The number of amides is 1. The van der Waals surface area contributed by atoms with Crippen LogP contribution in [0.25, 0.3) is 0 Å². The first-order chi connectivity index (χ1) is 8.97. The van der Waals surface area contributed by atoms with E-state index in [1.807, 2.05) is 25.1 Å². The minimum atomic E-state index is -0.144. The highest BCUT2D eigenvalue weighted by molar-refractivity contribution is 9.10. The number of hydrogen-bond donors (Lipinski definition) is 2. The highest BCUT2D eigenvalue weighted by atomic mass is 79.9. The van der Waals surface area contributed by atoms with Crippen LogP contribution < -0.4 is 5.32 Å². The van der Waals surface area contributed by atoms with Crippen LogP contribution in [0.3, 0.4) is 0 Å². The normalized spacial score (nSPS) is 12.2. The molecule has 1 aromatic carbocycles. The van der Waals surface area contributed by atoms with Crippen LogP contribution in [-0.2, 0) is 0 Å². The van der Waals surface area contributed by atoms with E-state index in [2.05, 4.69) is 33.9 Å². The number of nitrogens with one attached hydrogen (secondary N) is 1. The SMILES string of the molecule is CC(NC(=O)c1ccc(Br)cc1S)c1ccc(Cl)s1. The maximum atomic E-state index is 12.2. The summed E-state index contributed by atoms with van der Waals surface area (Å²) in [4.78, 5) is 13.8. The molecule has 2 nitrogen and oxygen atoms in total. The summed E-state index contributed by atoms with van der Waals surface area (Å²) >= 11 is 15.0. The molecule has 0 radical (unpaired) electrons. The molecule has 1 amide bonds. The summed E-state index contributed by atoms with van der Waals surface area (Å²) in [6.07, 6.45) is 0. The number of thiophene rings is 1. The standard InChI is InChI=1S/C13H11BrClNOS2/c1-7(11-4-5-12(15)19-11)16-13(17)9-3-2-8(14)6-10(9)18/h2-7,18H,1H3,(H,16,17). The number of halogens is 2. The minimum Gasteiger partial charge on any atom is -0.345 e. The zero-order valence-electron chi connectivity index (χ0n) is 9.98. The molecule has 0 fully saturated rings. The van der Waals surface area contributed by atoms with Gasteiger partial charge in [0.15, 0.2) is 0 Å². The van der Waals surface area contributed by atoms with Gasteiger partial charge in [0.2, 0.25) is 0 Å². The smallest absolute Gasteiger partial charge is 0.252 e. The molecule has 0 saturated carbocycles. The van der Waals surface area contributed by atoms with Gasteiger partial charge < -0.3 is 5.32 Å². The van der Waals surface area contributed by atoms with Crippen LogP contribution >= 0.6 is 51.5 Å². The Hall–Kier alpha value is -0.490. The molecular weight excluding hydrogens is 366 g/mol. The van der Waals surface area contributed by atoms with Crippen molar-refractivity contribution in [2.24, 2.45) is 0 Å². The number of rotatable bonds is 3. The number of carbonyl (C=O) groups is 1. The Morgan fingerprint density at radius 3 is 2.74 bits per heavy atom. The third-order valence-corrected chi connectivity index (χ3v) is 4.85. The molecule has 1 atom stereocenters. The predicted octanol–water partition coefficient (Wildman–Crippen LogP) is 4.94. The second-order valence-corrected chi connectivity index (χ2v) is 7.14. The van der Waals surface area contributed by atoms with Gasteiger partial charge in [-0.2, -0.15) is 0 Å². The van der Waals surface area contributed by atoms with E-state index in [0.717, 1.165) is 13.7 Å². The fraction of sp³-hybridized carbons (Fsp3) is 0.154. The number of benzene rings is 1. The third kappa shape index (κ3) is 3.75. The lowest BCUT2D eigenvalue weighted by Crippen LogP contribution is -2.26. The number of thiol groups is 1. The molecule has 19 heavy (non-hydrogen) atoms. The Balaban J connectivity index is 2.12. The summed E-state index contributed by atoms with van der Waals surface area (Å²) in [7, 11) is 0. The Bertz CT molecular complexity index is 614. The van der Waals surface area contributed by atoms with Crippen LogP contribution in [-0.4, -0.2) is 5.91 Å². The van der Waals surface area contributed by atoms with Crippen LogP contribution in [0.1, 0.15) is 28.2 Å². The summed E-state index contributed by atoms with van der Waals surface area (Å²) in [6, 6.07) is 9.03. The first kappa shape index (κ1) is 14.9. The van der Waals surface area contributed by atoms with Crippen molar-refractivity contribution in [3.05, 3.63) is 49.6 Å². The third-order valence-electron chi connectivity index (χ3n) is 2.57. The molecule has 0 aliphatic heterocycles. The van der Waals surface area contributed by atoms with E-state index >= 15 is 0 Å². The first-order valence-corrected chi connectivity index (χ1v) is 7.95. The number of hydrogen-bond acceptors (Lipinski definition) is 3. The van der Waals surface area contributed by atoms with Gasteiger partial charge in [-0.25, -0.2) is 0 Å². The molecule has 1 N–H and O–H groups in total. The average molecular weight is 377 g/mol. The lowest BCUT2D eigenvalue weighted by Gasteiger charge is -2.13. The van der Waals surface area contributed by atoms with E-state index < -0.39 is 0 Å². The molecule has 0 aliphatic carbocycles. The van der Waals surface area contributed by atoms with Gasteiger partial charge in [0.05, 0.1) is 15.9 Å². The van der Waals surface area contributed by atoms with Crippen LogP contribution in [0.2, 0.25) is 4.34 Å². The maximum Gasteiger partial charge on any atom is 0.252 e. The number of carbonyl (C=O) groups excluding carboxylic acids is 1. The molecule has 1 aromatic heterocycles. The molecule has 1 unspecified atom stereocenters. The topological polar surface area (TPSA) is 29.1 Å². The molecular formula is C13H11BrClNOS2. The van der Waals surface area contributed by atoms with Crippen molar-refractivity contribution >= 4 is 57.4 Å². The largest absolute Gasteiger partial charge is 0.345 e. The van der Waals surface area contributed by atoms with E-state index in [9.17, 15) is 4.79 Å². The van der Waals surface area contributed by atoms with E-state index in [0.29, 0.717) is 10.5 Å². The van der Waals surface area contributed by atoms with Gasteiger partial charge in [0.1, 0.15) is 0 Å². The molecule has 0 saturated heterocycles. The van der Waals surface area contributed by atoms with Gasteiger partial charge in [0, 0.05) is 14.2 Å². The van der Waals surface area contributed by atoms with Crippen molar-refractivity contribution < 1.29 is 4.79 Å². The fourth-order valence-electron chi connectivity index (χ4n) is 1.60. The monoisotopic (exact) mass is 375 g/mol. The van der Waals surface area contributed by atoms with Gasteiger partial charge >= 0.3 is 0 Å². The van der Waals surface area contributed by atoms with Gasteiger partial charge in [-0.05, 0) is 37.3 Å². The van der Waals surface area contributed by atoms with E-state index in [-0.39, 0.29) is 11.9 Å². The van der Waals surface area contributed by atoms with E-state index in [1.54, 1.807) is 12.1 Å². The highest BCUT2D eigenvalue weighted by Crippen LogP contribution is 2.27. The zero-order valence-corrected chi connectivity index (χ0v) is 14.0. The second-order valence-electron chi connectivity index (χ2n) is 4.00. The van der Waals surface area contributed by atoms with Crippen LogP contribution in [0.5, 0.6) is 0 Å². The van der Waals surface area contributed by atoms with E-state index in [4.69, 9.17) is 11.6 Å². The molecule has 2 rings (SSSR count). The average Bonchev–Trinajstić information content (AvgIpc) is 2.75. The summed E-state index contributed by atoms with van der Waals surface area (Å²) in [5, 5.41) is 2.93. The zero-order chi connectivity index (χ0) is 14.0. The molecule has 0 spiro atoms. The molecule has 1 heterocycles. The molecule has 100 valence electrons. The maximum absolute atomic E-state index is 12.2. The Labute approximate surface area is 134 Å². The fourth-order valence-corrected chi connectivity index (χ4v) is 3.52. The Kier molecular flexibility index (Phi) is 4.95. The lowest BCUT2D eigenvalue weighted by molar-refractivity contribution is 0.0937. The van der Waals surface area contributed by atoms with Gasteiger partial charge in [-0.3, -0.25) is 4.79 Å². The Morgan fingerprint density at radius 2 is 2.16 bits per heavy atom. The van der Waals surface area contributed by atoms with Gasteiger partial charge in [0.25, 0.3) is 5.91 Å². The molecule has 6 heteroatoms. The minimum absolute atomic E-state index is 0.0821. The first-order valence-electron chi connectivity index (χ1n) is 5.52. The van der Waals surface area contributed by atoms with Gasteiger partial charge in [-0.15, -0.1) is 24.0 Å². The van der Waals surface area contributed by atoms with Crippen molar-refractivity contribution in [2.45, 2.75) is 17.9 Å². The summed E-state index contributed by atoms with van der Waals surface area (Å²) < 4.78 is 1.61. The summed E-state index contributed by atoms with van der Waals surface area (Å²) in [5.41, 5.74) is 0.557. The predicted molar refractivity (Wildman–Crippen MR) is 86.6 cm³/mol. The lowest BCUT2D eigenvalue weighted by atomic mass is 10.2.